The van der Waals surface area contributed by atoms with E-state index in [1.807, 2.05) is 38.1 Å². The van der Waals surface area contributed by atoms with E-state index >= 15 is 0 Å². The first-order chi connectivity index (χ1) is 16.8. The van der Waals surface area contributed by atoms with Crippen molar-refractivity contribution in [3.8, 4) is 11.8 Å². The molecule has 0 aliphatic carbocycles. The van der Waals surface area contributed by atoms with Gasteiger partial charge < -0.3 is 20.1 Å². The van der Waals surface area contributed by atoms with Crippen molar-refractivity contribution in [2.45, 2.75) is 26.7 Å². The number of hydrogen-bond acceptors (Lipinski definition) is 7. The molecule has 1 atom stereocenters. The lowest BCUT2D eigenvalue weighted by Crippen LogP contribution is -2.29. The number of amides is 1. The number of nitrogens with zero attached hydrogens (tertiary/aromatic N) is 1. The van der Waals surface area contributed by atoms with Crippen LogP contribution < -0.4 is 15.4 Å². The summed E-state index contributed by atoms with van der Waals surface area (Å²) in [5, 5.41) is 17.1. The summed E-state index contributed by atoms with van der Waals surface area (Å²) >= 11 is 7.33. The van der Waals surface area contributed by atoms with Gasteiger partial charge in [0.1, 0.15) is 5.75 Å². The van der Waals surface area contributed by atoms with Crippen molar-refractivity contribution >= 4 is 40.9 Å². The maximum absolute atomic E-state index is 12.7. The first-order valence-corrected chi connectivity index (χ1v) is 12.3. The van der Waals surface area contributed by atoms with Crippen molar-refractivity contribution < 1.29 is 19.1 Å². The number of anilines is 1. The van der Waals surface area contributed by atoms with Crippen LogP contribution in [0.15, 0.2) is 64.3 Å². The summed E-state index contributed by atoms with van der Waals surface area (Å²) in [5.41, 5.74) is 3.34. The van der Waals surface area contributed by atoms with Crippen LogP contribution in [0.2, 0.25) is 5.02 Å². The smallest absolute Gasteiger partial charge is 0.336 e. The third-order valence-corrected chi connectivity index (χ3v) is 6.81. The van der Waals surface area contributed by atoms with E-state index in [4.69, 9.17) is 21.1 Å². The third kappa shape index (κ3) is 5.99. The molecule has 0 saturated carbocycles. The van der Waals surface area contributed by atoms with Gasteiger partial charge in [-0.25, -0.2) is 4.79 Å². The van der Waals surface area contributed by atoms with Crippen molar-refractivity contribution in [3.63, 3.8) is 0 Å². The van der Waals surface area contributed by atoms with Crippen LogP contribution in [0.1, 0.15) is 30.9 Å². The predicted octanol–water partition coefficient (Wildman–Crippen LogP) is 5.29. The number of nitrogens with one attached hydrogen (secondary N) is 2. The number of rotatable bonds is 8. The maximum atomic E-state index is 12.7. The van der Waals surface area contributed by atoms with Crippen LogP contribution in [0.5, 0.6) is 5.75 Å². The molecule has 1 amide bonds. The zero-order valence-corrected chi connectivity index (χ0v) is 21.5. The summed E-state index contributed by atoms with van der Waals surface area (Å²) in [4.78, 5) is 25.4. The van der Waals surface area contributed by atoms with E-state index in [9.17, 15) is 14.9 Å². The van der Waals surface area contributed by atoms with Gasteiger partial charge in [0.2, 0.25) is 5.91 Å². The Morgan fingerprint density at radius 3 is 2.63 bits per heavy atom. The van der Waals surface area contributed by atoms with Crippen LogP contribution in [0.3, 0.4) is 0 Å². The van der Waals surface area contributed by atoms with E-state index in [2.05, 4.69) is 16.7 Å². The van der Waals surface area contributed by atoms with Gasteiger partial charge in [0.25, 0.3) is 0 Å². The van der Waals surface area contributed by atoms with Crippen LogP contribution in [-0.2, 0) is 14.3 Å². The predicted molar refractivity (Wildman–Crippen MR) is 138 cm³/mol. The standard InChI is InChI=1S/C26H26ClN3O4S/c1-5-34-21-9-7-6-8-18(21)24-19(13-28)25(29-16(3)23(24)26(32)33-4)35-14-22(31)30-17-11-10-15(2)20(27)12-17/h6-12,24,29H,5,14H2,1-4H3,(H,30,31)/t24-/m0/s1. The largest absolute Gasteiger partial charge is 0.494 e. The molecule has 0 spiro atoms. The average Bonchev–Trinajstić information content (AvgIpc) is 2.84. The van der Waals surface area contributed by atoms with Crippen LogP contribution in [0.25, 0.3) is 0 Å². The highest BCUT2D eigenvalue weighted by Gasteiger charge is 2.37. The minimum atomic E-state index is -0.710. The zero-order chi connectivity index (χ0) is 25.5. The van der Waals surface area contributed by atoms with Crippen molar-refractivity contribution in [2.75, 3.05) is 24.8 Å². The normalized spacial score (nSPS) is 15.3. The van der Waals surface area contributed by atoms with Gasteiger partial charge in [-0.05, 0) is 44.5 Å². The molecule has 1 heterocycles. The number of para-hydroxylation sites is 1. The third-order valence-electron chi connectivity index (χ3n) is 5.39. The molecular formula is C26H26ClN3O4S. The van der Waals surface area contributed by atoms with Gasteiger partial charge in [-0.3, -0.25) is 4.79 Å². The number of allylic oxidation sites excluding steroid dienone is 2. The van der Waals surface area contributed by atoms with Crippen LogP contribution in [0, 0.1) is 18.3 Å². The number of benzene rings is 2. The molecule has 7 nitrogen and oxygen atoms in total. The lowest BCUT2D eigenvalue weighted by Gasteiger charge is -2.30. The first-order valence-electron chi connectivity index (χ1n) is 10.9. The number of aryl methyl sites for hydroxylation is 1. The maximum Gasteiger partial charge on any atom is 0.336 e. The number of esters is 1. The molecule has 182 valence electrons. The number of thioether (sulfide) groups is 1. The summed E-state index contributed by atoms with van der Waals surface area (Å²) in [6, 6.07) is 14.8. The second-order valence-electron chi connectivity index (χ2n) is 7.71. The topological polar surface area (TPSA) is 100 Å². The van der Waals surface area contributed by atoms with Crippen molar-refractivity contribution in [2.24, 2.45) is 0 Å². The molecule has 0 unspecified atom stereocenters. The van der Waals surface area contributed by atoms with Crippen molar-refractivity contribution in [3.05, 3.63) is 80.5 Å². The van der Waals surface area contributed by atoms with E-state index in [0.717, 1.165) is 5.56 Å². The Bertz CT molecular complexity index is 1250. The molecule has 0 fully saturated rings. The quantitative estimate of drug-likeness (QED) is 0.464. The molecule has 1 aliphatic rings. The number of methoxy groups -OCH3 is 1. The van der Waals surface area contributed by atoms with Gasteiger partial charge in [0.05, 0.1) is 47.6 Å². The Labute approximate surface area is 214 Å². The number of nitriles is 1. The fraction of sp³-hybridized carbons (Fsp3) is 0.269. The summed E-state index contributed by atoms with van der Waals surface area (Å²) in [6.07, 6.45) is 0. The van der Waals surface area contributed by atoms with E-state index in [0.29, 0.717) is 50.5 Å². The highest BCUT2D eigenvalue weighted by Crippen LogP contribution is 2.44. The van der Waals surface area contributed by atoms with Crippen LogP contribution >= 0.6 is 23.4 Å². The molecule has 2 N–H and O–H groups in total. The summed E-state index contributed by atoms with van der Waals surface area (Å²) < 4.78 is 10.8. The SMILES string of the molecule is CCOc1ccccc1[C@H]1C(C#N)=C(SCC(=O)Nc2ccc(C)c(Cl)c2)NC(C)=C1C(=O)OC. The van der Waals surface area contributed by atoms with Gasteiger partial charge in [-0.15, -0.1) is 0 Å². The Morgan fingerprint density at radius 1 is 1.23 bits per heavy atom. The summed E-state index contributed by atoms with van der Waals surface area (Å²) in [6.45, 7) is 5.91. The lowest BCUT2D eigenvalue weighted by molar-refractivity contribution is -0.136. The Kier molecular flexibility index (Phi) is 8.85. The first kappa shape index (κ1) is 26.2. The second kappa shape index (κ2) is 11.8. The molecule has 0 radical (unpaired) electrons. The summed E-state index contributed by atoms with van der Waals surface area (Å²) in [5.74, 6) is -0.898. The van der Waals surface area contributed by atoms with Gasteiger partial charge in [0.15, 0.2) is 0 Å². The van der Waals surface area contributed by atoms with Gasteiger partial charge in [-0.1, -0.05) is 47.6 Å². The van der Waals surface area contributed by atoms with Crippen molar-refractivity contribution in [1.29, 1.82) is 5.26 Å². The zero-order valence-electron chi connectivity index (χ0n) is 19.9. The number of halogens is 1. The molecule has 0 saturated heterocycles. The van der Waals surface area contributed by atoms with Crippen LogP contribution in [-0.4, -0.2) is 31.3 Å². The number of carbonyl (C=O) groups excluding carboxylic acids is 2. The number of dihydropyridines is 1. The highest BCUT2D eigenvalue weighted by atomic mass is 35.5. The molecule has 3 rings (SSSR count). The monoisotopic (exact) mass is 511 g/mol. The summed E-state index contributed by atoms with van der Waals surface area (Å²) in [7, 11) is 1.30. The van der Waals surface area contributed by atoms with E-state index in [-0.39, 0.29) is 11.7 Å². The molecule has 0 aromatic heterocycles. The van der Waals surface area contributed by atoms with Gasteiger partial charge >= 0.3 is 5.97 Å². The van der Waals surface area contributed by atoms with Crippen LogP contribution in [0.4, 0.5) is 5.69 Å². The van der Waals surface area contributed by atoms with E-state index < -0.39 is 11.9 Å². The Morgan fingerprint density at radius 2 is 1.97 bits per heavy atom. The van der Waals surface area contributed by atoms with E-state index in [1.165, 1.54) is 18.9 Å². The minimum absolute atomic E-state index is 0.0413. The molecule has 1 aliphatic heterocycles. The van der Waals surface area contributed by atoms with Gasteiger partial charge in [-0.2, -0.15) is 5.26 Å². The fourth-order valence-corrected chi connectivity index (χ4v) is 4.80. The van der Waals surface area contributed by atoms with Crippen molar-refractivity contribution in [1.82, 2.24) is 5.32 Å². The molecule has 2 aromatic carbocycles. The fourth-order valence-electron chi connectivity index (χ4n) is 3.73. The average molecular weight is 512 g/mol. The molecule has 35 heavy (non-hydrogen) atoms. The number of hydrogen-bond donors (Lipinski definition) is 2. The second-order valence-corrected chi connectivity index (χ2v) is 9.11. The van der Waals surface area contributed by atoms with E-state index in [1.54, 1.807) is 25.1 Å². The van der Waals surface area contributed by atoms with Gasteiger partial charge in [0, 0.05) is 22.0 Å². The lowest BCUT2D eigenvalue weighted by atomic mass is 9.82. The number of ether oxygens (including phenoxy) is 2. The molecular weight excluding hydrogens is 486 g/mol. The number of carbonyl (C=O) groups is 2. The minimum Gasteiger partial charge on any atom is -0.494 e. The molecule has 0 bridgehead atoms. The molecule has 9 heteroatoms. The Balaban J connectivity index is 1.93. The highest BCUT2D eigenvalue weighted by molar-refractivity contribution is 8.03. The Hall–Kier alpha value is -3.41. The molecule has 2 aromatic rings.